The predicted molar refractivity (Wildman–Crippen MR) is 106 cm³/mol. The second kappa shape index (κ2) is 9.69. The van der Waals surface area contributed by atoms with E-state index in [0.717, 1.165) is 5.19 Å². The molecule has 0 saturated heterocycles. The molecule has 2 rings (SSSR count). The molecule has 2 heterocycles. The molecule has 0 aliphatic carbocycles. The molecule has 0 atom stereocenters. The summed E-state index contributed by atoms with van der Waals surface area (Å²) >= 11 is 5.67. The SMILES string of the molecule is C[Si](C)(C)Cl.C[Si](C)(C)c1ccc[nH]c1=O.O=c1cccc[nH]1. The van der Waals surface area contributed by atoms with Crippen molar-refractivity contribution in [2.24, 2.45) is 0 Å². The highest BCUT2D eigenvalue weighted by Gasteiger charge is 2.18. The summed E-state index contributed by atoms with van der Waals surface area (Å²) in [4.78, 5) is 26.6. The van der Waals surface area contributed by atoms with Gasteiger partial charge in [0.1, 0.15) is 7.38 Å². The smallest absolute Gasteiger partial charge is 0.247 e. The number of pyridine rings is 2. The van der Waals surface area contributed by atoms with Gasteiger partial charge in [0.05, 0.1) is 8.07 Å². The number of H-pyrrole nitrogens is 2. The minimum absolute atomic E-state index is 0.0532. The van der Waals surface area contributed by atoms with Crippen LogP contribution >= 0.6 is 11.1 Å². The summed E-state index contributed by atoms with van der Waals surface area (Å²) < 4.78 is 0. The van der Waals surface area contributed by atoms with Gasteiger partial charge in [-0.3, -0.25) is 9.59 Å². The highest BCUT2D eigenvalue weighted by Crippen LogP contribution is 2.03. The van der Waals surface area contributed by atoms with Crippen LogP contribution in [-0.2, 0) is 0 Å². The molecule has 2 aromatic heterocycles. The summed E-state index contributed by atoms with van der Waals surface area (Å²) in [6.45, 7) is 12.8. The third-order valence-corrected chi connectivity index (χ3v) is 4.32. The van der Waals surface area contributed by atoms with Crippen molar-refractivity contribution in [1.29, 1.82) is 0 Å². The number of hydrogen-bond donors (Lipinski definition) is 2. The standard InChI is InChI=1S/C8H13NOSi.C5H5NO.C3H9ClSi/c1-11(2,3)7-5-4-6-9-8(7)10;7-5-3-1-2-4-6-5;1-5(2,3)4/h4-6H,1-3H3,(H,9,10);1-4H,(H,6,7);1-3H3. The zero-order valence-corrected chi connectivity index (χ0v) is 17.5. The maximum absolute atomic E-state index is 11.2. The number of hydrogen-bond acceptors (Lipinski definition) is 2. The second-order valence-corrected chi connectivity index (χ2v) is 19.5. The first-order chi connectivity index (χ1) is 10.4. The zero-order valence-electron chi connectivity index (χ0n) is 14.7. The molecule has 0 aromatic carbocycles. The van der Waals surface area contributed by atoms with Gasteiger partial charge in [-0.15, -0.1) is 0 Å². The van der Waals surface area contributed by atoms with Gasteiger partial charge in [0, 0.05) is 23.6 Å². The fourth-order valence-electron chi connectivity index (χ4n) is 1.39. The predicted octanol–water partition coefficient (Wildman–Crippen LogP) is 3.36. The summed E-state index contributed by atoms with van der Waals surface area (Å²) in [6, 6.07) is 8.74. The molecule has 0 unspecified atom stereocenters. The molecule has 23 heavy (non-hydrogen) atoms. The van der Waals surface area contributed by atoms with E-state index in [4.69, 9.17) is 11.1 Å². The molecule has 0 fully saturated rings. The first kappa shape index (κ1) is 21.6. The summed E-state index contributed by atoms with van der Waals surface area (Å²) in [7, 11) is -2.56. The van der Waals surface area contributed by atoms with Crippen LogP contribution in [0.25, 0.3) is 0 Å². The first-order valence-electron chi connectivity index (χ1n) is 7.42. The van der Waals surface area contributed by atoms with Crippen molar-refractivity contribution in [3.8, 4) is 0 Å². The van der Waals surface area contributed by atoms with E-state index < -0.39 is 15.5 Å². The topological polar surface area (TPSA) is 65.7 Å². The van der Waals surface area contributed by atoms with Crippen molar-refractivity contribution in [1.82, 2.24) is 9.97 Å². The van der Waals surface area contributed by atoms with E-state index >= 15 is 0 Å². The molecule has 128 valence electrons. The van der Waals surface area contributed by atoms with E-state index in [1.807, 2.05) is 12.1 Å². The second-order valence-electron chi connectivity index (χ2n) is 6.96. The lowest BCUT2D eigenvalue weighted by Crippen LogP contribution is -2.47. The Morgan fingerprint density at radius 3 is 1.61 bits per heavy atom. The minimum atomic E-state index is -1.42. The van der Waals surface area contributed by atoms with Gasteiger partial charge in [0.2, 0.25) is 11.1 Å². The molecular weight excluding hydrogens is 344 g/mol. The number of aromatic nitrogens is 2. The fourth-order valence-corrected chi connectivity index (χ4v) is 2.74. The van der Waals surface area contributed by atoms with Crippen LogP contribution in [0.1, 0.15) is 0 Å². The Labute approximate surface area is 144 Å². The Morgan fingerprint density at radius 1 is 0.826 bits per heavy atom. The van der Waals surface area contributed by atoms with Crippen LogP contribution in [0.3, 0.4) is 0 Å². The van der Waals surface area contributed by atoms with Crippen molar-refractivity contribution in [2.75, 3.05) is 0 Å². The Bertz CT molecular complexity index is 662. The summed E-state index contributed by atoms with van der Waals surface area (Å²) in [5.41, 5.74) is 0.0224. The number of aromatic amines is 2. The van der Waals surface area contributed by atoms with Crippen LogP contribution in [0.4, 0.5) is 0 Å². The summed E-state index contributed by atoms with van der Waals surface area (Å²) in [5.74, 6) is 0. The Hall–Kier alpha value is -1.38. The van der Waals surface area contributed by atoms with Crippen molar-refractivity contribution < 1.29 is 0 Å². The molecule has 0 spiro atoms. The van der Waals surface area contributed by atoms with E-state index in [-0.39, 0.29) is 11.1 Å². The molecule has 0 aliphatic heterocycles. The minimum Gasteiger partial charge on any atom is -0.329 e. The molecule has 2 N–H and O–H groups in total. The van der Waals surface area contributed by atoms with Gasteiger partial charge in [-0.05, 0) is 12.1 Å². The Kier molecular flexibility index (Phi) is 9.11. The third kappa shape index (κ3) is 12.8. The number of nitrogens with one attached hydrogen (secondary N) is 2. The normalized spacial score (nSPS) is 10.7. The molecular formula is C16H27ClN2O2Si2. The van der Waals surface area contributed by atoms with Crippen molar-refractivity contribution >= 4 is 31.7 Å². The van der Waals surface area contributed by atoms with Gasteiger partial charge in [0.15, 0.2) is 0 Å². The fraction of sp³-hybridized carbons (Fsp3) is 0.375. The summed E-state index contributed by atoms with van der Waals surface area (Å²) in [6.07, 6.45) is 3.27. The van der Waals surface area contributed by atoms with E-state index in [1.165, 1.54) is 6.07 Å². The van der Waals surface area contributed by atoms with Crippen LogP contribution < -0.4 is 16.3 Å². The molecule has 0 aliphatic rings. The monoisotopic (exact) mass is 370 g/mol. The molecule has 0 bridgehead atoms. The number of rotatable bonds is 1. The van der Waals surface area contributed by atoms with Gasteiger partial charge >= 0.3 is 0 Å². The molecule has 0 amide bonds. The van der Waals surface area contributed by atoms with Gasteiger partial charge < -0.3 is 9.97 Å². The van der Waals surface area contributed by atoms with Crippen molar-refractivity contribution in [2.45, 2.75) is 39.3 Å². The lowest BCUT2D eigenvalue weighted by Gasteiger charge is -2.13. The molecule has 4 nitrogen and oxygen atoms in total. The molecule has 0 saturated carbocycles. The third-order valence-electron chi connectivity index (χ3n) is 2.31. The largest absolute Gasteiger partial charge is 0.329 e. The average molecular weight is 371 g/mol. The van der Waals surface area contributed by atoms with E-state index in [2.05, 4.69) is 49.3 Å². The van der Waals surface area contributed by atoms with Crippen molar-refractivity contribution in [3.63, 3.8) is 0 Å². The lowest BCUT2D eigenvalue weighted by atomic mass is 10.5. The zero-order chi connectivity index (χ0) is 18.1. The maximum atomic E-state index is 11.2. The quantitative estimate of drug-likeness (QED) is 0.597. The van der Waals surface area contributed by atoms with Crippen LogP contribution in [-0.4, -0.2) is 25.4 Å². The maximum Gasteiger partial charge on any atom is 0.247 e. The molecule has 0 radical (unpaired) electrons. The number of halogens is 1. The molecule has 2 aromatic rings. The Morgan fingerprint density at radius 2 is 1.35 bits per heavy atom. The van der Waals surface area contributed by atoms with Gasteiger partial charge in [-0.25, -0.2) is 0 Å². The van der Waals surface area contributed by atoms with Gasteiger partial charge in [-0.2, -0.15) is 11.1 Å². The van der Waals surface area contributed by atoms with Crippen LogP contribution in [0.15, 0.2) is 52.3 Å². The van der Waals surface area contributed by atoms with Crippen molar-refractivity contribution in [3.05, 3.63) is 63.4 Å². The first-order valence-corrected chi connectivity index (χ1v) is 15.4. The van der Waals surface area contributed by atoms with Crippen LogP contribution in [0.5, 0.6) is 0 Å². The highest BCUT2D eigenvalue weighted by molar-refractivity contribution is 7.18. The highest BCUT2D eigenvalue weighted by atomic mass is 35.6. The van der Waals surface area contributed by atoms with Crippen LogP contribution in [0, 0.1) is 0 Å². The van der Waals surface area contributed by atoms with Gasteiger partial charge in [-0.1, -0.05) is 51.4 Å². The lowest BCUT2D eigenvalue weighted by molar-refractivity contribution is 1.24. The van der Waals surface area contributed by atoms with Gasteiger partial charge in [0.25, 0.3) is 0 Å². The molecule has 7 heteroatoms. The van der Waals surface area contributed by atoms with Crippen LogP contribution in [0.2, 0.25) is 39.3 Å². The summed E-state index contributed by atoms with van der Waals surface area (Å²) in [5, 5.41) is 0.972. The van der Waals surface area contributed by atoms with E-state index in [0.29, 0.717) is 0 Å². The average Bonchev–Trinajstić information content (AvgIpc) is 2.37. The van der Waals surface area contributed by atoms with E-state index in [1.54, 1.807) is 24.5 Å². The Balaban J connectivity index is 0.000000347. The van der Waals surface area contributed by atoms with E-state index in [9.17, 15) is 9.59 Å².